The number of carbonyl (C=O) groups is 1. The topological polar surface area (TPSA) is 83.6 Å². The summed E-state index contributed by atoms with van der Waals surface area (Å²) >= 11 is 3.60. The maximum atomic E-state index is 11.8. The van der Waals surface area contributed by atoms with Crippen molar-refractivity contribution in [1.29, 1.82) is 0 Å². The number of aliphatic carboxylic acids is 1. The molecule has 27 heavy (non-hydrogen) atoms. The third-order valence-corrected chi connectivity index (χ3v) is 5.71. The molecule has 1 aromatic heterocycles. The lowest BCUT2D eigenvalue weighted by molar-refractivity contribution is -0.139. The Morgan fingerprint density at radius 1 is 1.19 bits per heavy atom. The Balaban J connectivity index is 1.92. The number of rotatable bonds is 4. The molecule has 6 nitrogen and oxygen atoms in total. The summed E-state index contributed by atoms with van der Waals surface area (Å²) in [6.45, 7) is 0. The van der Waals surface area contributed by atoms with Gasteiger partial charge in [0.1, 0.15) is 6.04 Å². The van der Waals surface area contributed by atoms with E-state index in [4.69, 9.17) is 9.47 Å². The van der Waals surface area contributed by atoms with Gasteiger partial charge in [-0.2, -0.15) is 0 Å². The summed E-state index contributed by atoms with van der Waals surface area (Å²) in [5.74, 6) is 0.329. The molecule has 2 heterocycles. The molecule has 4 rings (SSSR count). The number of hydrogen-bond acceptors (Lipinski definition) is 4. The van der Waals surface area contributed by atoms with E-state index in [-0.39, 0.29) is 6.04 Å². The minimum absolute atomic E-state index is 0.323. The van der Waals surface area contributed by atoms with Crippen molar-refractivity contribution >= 4 is 32.8 Å². The van der Waals surface area contributed by atoms with Gasteiger partial charge in [0.25, 0.3) is 0 Å². The molecule has 0 saturated heterocycles. The van der Waals surface area contributed by atoms with Crippen molar-refractivity contribution in [3.63, 3.8) is 0 Å². The number of aromatic nitrogens is 1. The lowest BCUT2D eigenvalue weighted by Crippen LogP contribution is -2.45. The molecule has 0 radical (unpaired) electrons. The number of ether oxygens (including phenoxy) is 2. The van der Waals surface area contributed by atoms with Gasteiger partial charge in [0, 0.05) is 27.5 Å². The molecule has 0 spiro atoms. The number of carboxylic acid groups (broad SMARTS) is 1. The van der Waals surface area contributed by atoms with E-state index in [0.717, 1.165) is 32.2 Å². The van der Waals surface area contributed by atoms with Crippen LogP contribution in [0.5, 0.6) is 11.5 Å². The monoisotopic (exact) mass is 430 g/mol. The number of para-hydroxylation sites is 1. The van der Waals surface area contributed by atoms with Crippen molar-refractivity contribution in [2.45, 2.75) is 18.5 Å². The summed E-state index contributed by atoms with van der Waals surface area (Å²) in [6, 6.07) is 10.7. The molecule has 0 aliphatic carbocycles. The van der Waals surface area contributed by atoms with E-state index >= 15 is 0 Å². The maximum Gasteiger partial charge on any atom is 0.321 e. The molecule has 2 aromatic carbocycles. The number of methoxy groups -OCH3 is 2. The van der Waals surface area contributed by atoms with E-state index in [0.29, 0.717) is 17.9 Å². The van der Waals surface area contributed by atoms with Gasteiger partial charge in [0.2, 0.25) is 0 Å². The van der Waals surface area contributed by atoms with E-state index in [1.54, 1.807) is 14.2 Å². The van der Waals surface area contributed by atoms with Gasteiger partial charge in [-0.15, -0.1) is 0 Å². The summed E-state index contributed by atoms with van der Waals surface area (Å²) in [5.41, 5.74) is 3.88. The van der Waals surface area contributed by atoms with Crippen LogP contribution < -0.4 is 14.8 Å². The fraction of sp³-hybridized carbons (Fsp3) is 0.250. The highest BCUT2D eigenvalue weighted by Gasteiger charge is 2.35. The SMILES string of the molecule is COc1cc(Br)c(C2NC(C(=O)O)Cc3c2[nH]c2ccccc32)cc1OC. The third-order valence-electron chi connectivity index (χ3n) is 5.02. The Bertz CT molecular complexity index is 1030. The van der Waals surface area contributed by atoms with Crippen LogP contribution in [-0.4, -0.2) is 36.3 Å². The average Bonchev–Trinajstić information content (AvgIpc) is 3.05. The van der Waals surface area contributed by atoms with Crippen LogP contribution in [0.25, 0.3) is 10.9 Å². The highest BCUT2D eigenvalue weighted by Crippen LogP contribution is 2.41. The van der Waals surface area contributed by atoms with Crippen LogP contribution in [0.1, 0.15) is 22.9 Å². The fourth-order valence-corrected chi connectivity index (χ4v) is 4.28. The molecule has 0 saturated carbocycles. The van der Waals surface area contributed by atoms with Crippen molar-refractivity contribution < 1.29 is 19.4 Å². The van der Waals surface area contributed by atoms with Crippen LogP contribution >= 0.6 is 15.9 Å². The van der Waals surface area contributed by atoms with Gasteiger partial charge < -0.3 is 19.6 Å². The standard InChI is InChI=1S/C20H19BrN2O4/c1-26-16-8-12(13(21)9-17(16)27-2)19-18-11(7-15(23-19)20(24)25)10-5-3-4-6-14(10)22-18/h3-6,8-9,15,19,22-23H,7H2,1-2H3,(H,24,25). The Morgan fingerprint density at radius 3 is 2.59 bits per heavy atom. The predicted octanol–water partition coefficient (Wildman–Crippen LogP) is 3.64. The largest absolute Gasteiger partial charge is 0.493 e. The summed E-state index contributed by atoms with van der Waals surface area (Å²) in [4.78, 5) is 15.2. The van der Waals surface area contributed by atoms with Gasteiger partial charge in [0.05, 0.1) is 20.3 Å². The predicted molar refractivity (Wildman–Crippen MR) is 106 cm³/mol. The Kier molecular flexibility index (Phi) is 4.57. The van der Waals surface area contributed by atoms with Crippen molar-refractivity contribution in [2.75, 3.05) is 14.2 Å². The number of nitrogens with one attached hydrogen (secondary N) is 2. The first kappa shape index (κ1) is 17.9. The lowest BCUT2D eigenvalue weighted by Gasteiger charge is -2.30. The van der Waals surface area contributed by atoms with Gasteiger partial charge in [-0.1, -0.05) is 34.1 Å². The molecular weight excluding hydrogens is 412 g/mol. The van der Waals surface area contributed by atoms with Gasteiger partial charge in [-0.25, -0.2) is 0 Å². The molecular formula is C20H19BrN2O4. The minimum atomic E-state index is -0.868. The van der Waals surface area contributed by atoms with E-state index in [9.17, 15) is 9.90 Å². The molecule has 2 atom stereocenters. The van der Waals surface area contributed by atoms with Crippen LogP contribution in [-0.2, 0) is 11.2 Å². The quantitative estimate of drug-likeness (QED) is 0.588. The Morgan fingerprint density at radius 2 is 1.89 bits per heavy atom. The smallest absolute Gasteiger partial charge is 0.321 e. The number of fused-ring (bicyclic) bond motifs is 3. The number of halogens is 1. The zero-order valence-corrected chi connectivity index (χ0v) is 16.5. The molecule has 140 valence electrons. The number of carboxylic acids is 1. The second-order valence-corrected chi connectivity index (χ2v) is 7.34. The molecule has 0 fully saturated rings. The van der Waals surface area contributed by atoms with E-state index < -0.39 is 12.0 Å². The minimum Gasteiger partial charge on any atom is -0.493 e. The second kappa shape index (κ2) is 6.90. The molecule has 7 heteroatoms. The van der Waals surface area contributed by atoms with Crippen LogP contribution in [0.15, 0.2) is 40.9 Å². The summed E-state index contributed by atoms with van der Waals surface area (Å²) in [6.07, 6.45) is 0.427. The maximum absolute atomic E-state index is 11.8. The van der Waals surface area contributed by atoms with Crippen molar-refractivity contribution in [2.24, 2.45) is 0 Å². The Labute approximate surface area is 164 Å². The van der Waals surface area contributed by atoms with Crippen molar-refractivity contribution in [1.82, 2.24) is 10.3 Å². The van der Waals surface area contributed by atoms with Crippen LogP contribution in [0, 0.1) is 0 Å². The number of H-pyrrole nitrogens is 1. The van der Waals surface area contributed by atoms with Crippen LogP contribution in [0.3, 0.4) is 0 Å². The van der Waals surface area contributed by atoms with Crippen LogP contribution in [0.2, 0.25) is 0 Å². The molecule has 1 aliphatic rings. The molecule has 3 N–H and O–H groups in total. The fourth-order valence-electron chi connectivity index (χ4n) is 3.73. The molecule has 3 aromatic rings. The third kappa shape index (κ3) is 2.96. The molecule has 0 bridgehead atoms. The van der Waals surface area contributed by atoms with Gasteiger partial charge in [0.15, 0.2) is 11.5 Å². The molecule has 0 amide bonds. The van der Waals surface area contributed by atoms with E-state index in [1.807, 2.05) is 36.4 Å². The van der Waals surface area contributed by atoms with Crippen LogP contribution in [0.4, 0.5) is 0 Å². The normalized spacial score (nSPS) is 18.9. The first-order chi connectivity index (χ1) is 13.0. The second-order valence-electron chi connectivity index (χ2n) is 6.49. The first-order valence-electron chi connectivity index (χ1n) is 8.53. The lowest BCUT2D eigenvalue weighted by atomic mass is 9.90. The number of hydrogen-bond donors (Lipinski definition) is 3. The summed E-state index contributed by atoms with van der Waals surface area (Å²) in [5, 5.41) is 14.0. The zero-order valence-electron chi connectivity index (χ0n) is 14.9. The van der Waals surface area contributed by atoms with Crippen molar-refractivity contribution in [3.05, 3.63) is 57.7 Å². The number of aromatic amines is 1. The average molecular weight is 431 g/mol. The molecule has 1 aliphatic heterocycles. The van der Waals surface area contributed by atoms with Crippen molar-refractivity contribution in [3.8, 4) is 11.5 Å². The van der Waals surface area contributed by atoms with E-state index in [1.165, 1.54) is 0 Å². The van der Waals surface area contributed by atoms with Gasteiger partial charge in [-0.05, 0) is 29.3 Å². The first-order valence-corrected chi connectivity index (χ1v) is 9.32. The summed E-state index contributed by atoms with van der Waals surface area (Å²) < 4.78 is 11.6. The summed E-state index contributed by atoms with van der Waals surface area (Å²) in [7, 11) is 3.16. The highest BCUT2D eigenvalue weighted by atomic mass is 79.9. The van der Waals surface area contributed by atoms with Gasteiger partial charge >= 0.3 is 5.97 Å². The zero-order chi connectivity index (χ0) is 19.1. The highest BCUT2D eigenvalue weighted by molar-refractivity contribution is 9.10. The van der Waals surface area contributed by atoms with Gasteiger partial charge in [-0.3, -0.25) is 10.1 Å². The Hall–Kier alpha value is -2.51. The van der Waals surface area contributed by atoms with E-state index in [2.05, 4.69) is 26.2 Å². The molecule has 2 unspecified atom stereocenters. The number of benzene rings is 2.